The molecule has 1 N–H and O–H groups in total. The van der Waals surface area contributed by atoms with Gasteiger partial charge in [0.05, 0.1) is 11.9 Å². The van der Waals surface area contributed by atoms with Gasteiger partial charge in [-0.2, -0.15) is 0 Å². The minimum Gasteiger partial charge on any atom is -0.354 e. The molecule has 0 spiro atoms. The molecule has 7 nitrogen and oxygen atoms in total. The summed E-state index contributed by atoms with van der Waals surface area (Å²) in [5.41, 5.74) is 3.07. The zero-order chi connectivity index (χ0) is 26.9. The fourth-order valence-corrected chi connectivity index (χ4v) is 5.06. The lowest BCUT2D eigenvalue weighted by atomic mass is 10.1. The van der Waals surface area contributed by atoms with Crippen LogP contribution in [0.5, 0.6) is 0 Å². The minimum absolute atomic E-state index is 0.0651. The maximum absolute atomic E-state index is 13.4. The van der Waals surface area contributed by atoms with Gasteiger partial charge in [-0.1, -0.05) is 38.1 Å². The molecule has 2 rings (SSSR count). The third-order valence-electron chi connectivity index (χ3n) is 5.99. The van der Waals surface area contributed by atoms with Crippen molar-refractivity contribution in [3.63, 3.8) is 0 Å². The zero-order valence-electron chi connectivity index (χ0n) is 21.9. The smallest absolute Gasteiger partial charge is 0.242 e. The molecule has 2 amide bonds. The molecule has 0 unspecified atom stereocenters. The average molecular weight is 520 g/mol. The van der Waals surface area contributed by atoms with Gasteiger partial charge in [0.1, 0.15) is 11.9 Å². The highest BCUT2D eigenvalue weighted by Crippen LogP contribution is 2.25. The van der Waals surface area contributed by atoms with Crippen molar-refractivity contribution in [1.82, 2.24) is 10.2 Å². The van der Waals surface area contributed by atoms with Crippen LogP contribution in [0.4, 0.5) is 10.1 Å². The van der Waals surface area contributed by atoms with Gasteiger partial charge in [-0.3, -0.25) is 13.9 Å². The van der Waals surface area contributed by atoms with Gasteiger partial charge in [0, 0.05) is 26.1 Å². The van der Waals surface area contributed by atoms with E-state index in [0.29, 0.717) is 24.2 Å². The molecule has 0 bridgehead atoms. The van der Waals surface area contributed by atoms with Gasteiger partial charge in [0.25, 0.3) is 0 Å². The molecular formula is C27H38FN3O4S. The molecule has 2 aromatic rings. The number of sulfonamides is 1. The average Bonchev–Trinajstić information content (AvgIpc) is 2.82. The molecule has 0 saturated heterocycles. The monoisotopic (exact) mass is 519 g/mol. The molecule has 0 aromatic heterocycles. The molecule has 0 saturated carbocycles. The quantitative estimate of drug-likeness (QED) is 0.427. The van der Waals surface area contributed by atoms with Crippen LogP contribution < -0.4 is 9.62 Å². The Balaban J connectivity index is 2.23. The highest BCUT2D eigenvalue weighted by atomic mass is 32.2. The highest BCUT2D eigenvalue weighted by Gasteiger charge is 2.29. The first-order valence-electron chi connectivity index (χ1n) is 12.3. The molecule has 198 valence electrons. The van der Waals surface area contributed by atoms with E-state index in [2.05, 4.69) is 5.32 Å². The number of hydrogen-bond donors (Lipinski definition) is 1. The van der Waals surface area contributed by atoms with Crippen molar-refractivity contribution in [3.8, 4) is 0 Å². The van der Waals surface area contributed by atoms with Gasteiger partial charge in [-0.25, -0.2) is 12.8 Å². The largest absolute Gasteiger partial charge is 0.354 e. The Hall–Kier alpha value is -2.94. The molecular weight excluding hydrogens is 481 g/mol. The third kappa shape index (κ3) is 8.33. The first-order valence-corrected chi connectivity index (χ1v) is 14.2. The number of carbonyl (C=O) groups is 2. The van der Waals surface area contributed by atoms with Crippen molar-refractivity contribution < 1.29 is 22.4 Å². The van der Waals surface area contributed by atoms with Gasteiger partial charge in [0.15, 0.2) is 0 Å². The van der Waals surface area contributed by atoms with E-state index in [-0.39, 0.29) is 43.6 Å². The van der Waals surface area contributed by atoms with E-state index in [0.717, 1.165) is 23.8 Å². The van der Waals surface area contributed by atoms with E-state index in [1.54, 1.807) is 12.1 Å². The first-order chi connectivity index (χ1) is 17.0. The minimum atomic E-state index is -3.56. The van der Waals surface area contributed by atoms with E-state index in [1.165, 1.54) is 21.3 Å². The van der Waals surface area contributed by atoms with Gasteiger partial charge < -0.3 is 10.2 Å². The van der Waals surface area contributed by atoms with Crippen LogP contribution in [0.1, 0.15) is 56.2 Å². The van der Waals surface area contributed by atoms with Crippen LogP contribution in [-0.4, -0.2) is 50.5 Å². The van der Waals surface area contributed by atoms with Crippen molar-refractivity contribution in [2.24, 2.45) is 0 Å². The molecule has 0 fully saturated rings. The lowest BCUT2D eigenvalue weighted by Gasteiger charge is -2.31. The Labute approximate surface area is 214 Å². The van der Waals surface area contributed by atoms with Crippen LogP contribution in [0.25, 0.3) is 0 Å². The number of nitrogens with one attached hydrogen (secondary N) is 1. The first kappa shape index (κ1) is 29.3. The SMILES string of the molecule is CCCNC(=O)[C@H](CC)N(Cc1ccc(F)cc1)C(=O)CCCN(c1cc(C)ccc1C)S(C)(=O)=O. The number of anilines is 1. The van der Waals surface area contributed by atoms with Crippen LogP contribution in [0.3, 0.4) is 0 Å². The van der Waals surface area contributed by atoms with Gasteiger partial charge in [-0.15, -0.1) is 0 Å². The predicted molar refractivity (Wildman–Crippen MR) is 142 cm³/mol. The number of aryl methyl sites for hydroxylation is 2. The second-order valence-corrected chi connectivity index (χ2v) is 11.0. The lowest BCUT2D eigenvalue weighted by Crippen LogP contribution is -2.49. The molecule has 0 heterocycles. The second-order valence-electron chi connectivity index (χ2n) is 9.09. The Morgan fingerprint density at radius 3 is 2.31 bits per heavy atom. The molecule has 0 aliphatic carbocycles. The van der Waals surface area contributed by atoms with Gasteiger partial charge in [-0.05, 0) is 68.0 Å². The zero-order valence-corrected chi connectivity index (χ0v) is 22.7. The predicted octanol–water partition coefficient (Wildman–Crippen LogP) is 4.32. The molecule has 36 heavy (non-hydrogen) atoms. The van der Waals surface area contributed by atoms with E-state index in [1.807, 2.05) is 45.9 Å². The fourth-order valence-electron chi connectivity index (χ4n) is 4.04. The molecule has 0 radical (unpaired) electrons. The van der Waals surface area contributed by atoms with Gasteiger partial charge in [0.2, 0.25) is 21.8 Å². The summed E-state index contributed by atoms with van der Waals surface area (Å²) in [6.07, 6.45) is 2.69. The Kier molecular flexibility index (Phi) is 10.9. The van der Waals surface area contributed by atoms with Crippen molar-refractivity contribution in [3.05, 3.63) is 65.0 Å². The Bertz CT molecular complexity index is 1140. The van der Waals surface area contributed by atoms with E-state index >= 15 is 0 Å². The van der Waals surface area contributed by atoms with Crippen LogP contribution in [0, 0.1) is 19.7 Å². The maximum Gasteiger partial charge on any atom is 0.242 e. The number of nitrogens with zero attached hydrogens (tertiary/aromatic N) is 2. The van der Waals surface area contributed by atoms with Crippen molar-refractivity contribution in [2.75, 3.05) is 23.7 Å². The third-order valence-corrected chi connectivity index (χ3v) is 7.17. The second kappa shape index (κ2) is 13.4. The van der Waals surface area contributed by atoms with Crippen molar-refractivity contribution in [2.45, 2.75) is 66.0 Å². The molecule has 0 aliphatic rings. The van der Waals surface area contributed by atoms with Crippen LogP contribution in [-0.2, 0) is 26.2 Å². The van der Waals surface area contributed by atoms with Crippen molar-refractivity contribution >= 4 is 27.5 Å². The van der Waals surface area contributed by atoms with E-state index in [4.69, 9.17) is 0 Å². The van der Waals surface area contributed by atoms with Gasteiger partial charge >= 0.3 is 0 Å². The van der Waals surface area contributed by atoms with Crippen LogP contribution in [0.15, 0.2) is 42.5 Å². The highest BCUT2D eigenvalue weighted by molar-refractivity contribution is 7.92. The topological polar surface area (TPSA) is 86.8 Å². The van der Waals surface area contributed by atoms with Crippen LogP contribution in [0.2, 0.25) is 0 Å². The molecule has 2 aromatic carbocycles. The Morgan fingerprint density at radius 2 is 1.72 bits per heavy atom. The summed E-state index contributed by atoms with van der Waals surface area (Å²) in [6.45, 7) is 8.34. The number of hydrogen-bond acceptors (Lipinski definition) is 4. The number of carbonyl (C=O) groups excluding carboxylic acids is 2. The van der Waals surface area contributed by atoms with E-state index in [9.17, 15) is 22.4 Å². The fraction of sp³-hybridized carbons (Fsp3) is 0.481. The van der Waals surface area contributed by atoms with Crippen LogP contribution >= 0.6 is 0 Å². The number of halogens is 1. The summed E-state index contributed by atoms with van der Waals surface area (Å²) >= 11 is 0. The number of amides is 2. The standard InChI is InChI=1S/C27H38FN3O4S/c1-6-16-29-27(33)24(7-2)30(19-22-12-14-23(28)15-13-22)26(32)9-8-17-31(36(5,34)35)25-18-20(3)10-11-21(25)4/h10-15,18,24H,6-9,16-17,19H2,1-5H3,(H,29,33)/t24-/m0/s1. The molecule has 9 heteroatoms. The lowest BCUT2D eigenvalue weighted by molar-refractivity contribution is -0.141. The summed E-state index contributed by atoms with van der Waals surface area (Å²) in [4.78, 5) is 27.7. The summed E-state index contributed by atoms with van der Waals surface area (Å²) in [5, 5.41) is 2.86. The summed E-state index contributed by atoms with van der Waals surface area (Å²) in [6, 6.07) is 10.8. The van der Waals surface area contributed by atoms with E-state index < -0.39 is 16.1 Å². The van der Waals surface area contributed by atoms with Crippen molar-refractivity contribution in [1.29, 1.82) is 0 Å². The molecule has 1 atom stereocenters. The normalized spacial score (nSPS) is 12.2. The summed E-state index contributed by atoms with van der Waals surface area (Å²) in [7, 11) is -3.56. The number of benzene rings is 2. The summed E-state index contributed by atoms with van der Waals surface area (Å²) in [5.74, 6) is -0.869. The number of rotatable bonds is 13. The molecule has 0 aliphatic heterocycles. The summed E-state index contributed by atoms with van der Waals surface area (Å²) < 4.78 is 39.9. The Morgan fingerprint density at radius 1 is 1.06 bits per heavy atom. The maximum atomic E-state index is 13.4.